The predicted octanol–water partition coefficient (Wildman–Crippen LogP) is 5.84. The van der Waals surface area contributed by atoms with Gasteiger partial charge in [-0.25, -0.2) is 9.78 Å². The number of thiazole rings is 1. The lowest BCUT2D eigenvalue weighted by Gasteiger charge is -2.23. The molecule has 10 heteroatoms. The summed E-state index contributed by atoms with van der Waals surface area (Å²) in [5.41, 5.74) is 2.12. The summed E-state index contributed by atoms with van der Waals surface area (Å²) in [7, 11) is 2.82. The van der Waals surface area contributed by atoms with E-state index < -0.39 is 17.9 Å². The number of hydrogen-bond donors (Lipinski definition) is 0. The van der Waals surface area contributed by atoms with Crippen molar-refractivity contribution in [3.8, 4) is 11.5 Å². The van der Waals surface area contributed by atoms with Crippen LogP contribution in [0, 0.1) is 19.8 Å². The highest BCUT2D eigenvalue weighted by atomic mass is 32.1. The van der Waals surface area contributed by atoms with Gasteiger partial charge in [0.05, 0.1) is 43.5 Å². The number of anilines is 1. The number of hydrogen-bond acceptors (Lipinski definition) is 9. The van der Waals surface area contributed by atoms with E-state index in [4.69, 9.17) is 18.6 Å². The van der Waals surface area contributed by atoms with Crippen LogP contribution in [0.4, 0.5) is 5.13 Å². The van der Waals surface area contributed by atoms with Crippen LogP contribution in [-0.4, -0.2) is 37.7 Å². The highest BCUT2D eigenvalue weighted by molar-refractivity contribution is 7.17. The zero-order valence-electron chi connectivity index (χ0n) is 23.2. The SMILES string of the molecule is COC(=O)c1sc(N2C(=O)c3oc4ccc(C)cc4c(=O)c3C2c2ccc(OCCC(C)C)c(OC)c2)nc1C. The first-order valence-electron chi connectivity index (χ1n) is 12.9. The molecular weight excluding hydrogens is 532 g/mol. The van der Waals surface area contributed by atoms with Crippen molar-refractivity contribution in [1.82, 2.24) is 4.98 Å². The summed E-state index contributed by atoms with van der Waals surface area (Å²) in [4.78, 5) is 46.4. The van der Waals surface area contributed by atoms with Gasteiger partial charge in [-0.1, -0.05) is 42.9 Å². The molecule has 1 unspecified atom stereocenters. The first kappa shape index (κ1) is 27.4. The largest absolute Gasteiger partial charge is 0.493 e. The first-order valence-corrected chi connectivity index (χ1v) is 13.7. The molecule has 0 spiro atoms. The molecule has 0 saturated heterocycles. The van der Waals surface area contributed by atoms with Gasteiger partial charge in [0, 0.05) is 0 Å². The molecule has 0 fully saturated rings. The number of aromatic nitrogens is 1. The molecule has 0 aliphatic carbocycles. The van der Waals surface area contributed by atoms with E-state index in [9.17, 15) is 14.4 Å². The summed E-state index contributed by atoms with van der Waals surface area (Å²) in [6.07, 6.45) is 0.878. The third kappa shape index (κ3) is 4.72. The number of benzene rings is 2. The van der Waals surface area contributed by atoms with E-state index >= 15 is 0 Å². The van der Waals surface area contributed by atoms with Crippen LogP contribution in [0.3, 0.4) is 0 Å². The first-order chi connectivity index (χ1) is 19.1. The average Bonchev–Trinajstić information content (AvgIpc) is 3.45. The standard InChI is InChI=1S/C30H30N2O7S/c1-15(2)11-12-38-21-10-8-18(14-22(21)36-5)24-23-25(33)19-13-16(3)7-9-20(19)39-26(23)28(34)32(24)30-31-17(4)27(40-30)29(35)37-6/h7-10,13-15,24H,11-12H2,1-6H3. The van der Waals surface area contributed by atoms with Gasteiger partial charge in [0.25, 0.3) is 5.91 Å². The van der Waals surface area contributed by atoms with Crippen molar-refractivity contribution < 1.29 is 28.2 Å². The number of esters is 1. The average molecular weight is 563 g/mol. The number of fused-ring (bicyclic) bond motifs is 2. The molecule has 9 nitrogen and oxygen atoms in total. The topological polar surface area (TPSA) is 108 Å². The van der Waals surface area contributed by atoms with Gasteiger partial charge in [-0.3, -0.25) is 14.5 Å². The molecule has 208 valence electrons. The Bertz CT molecular complexity index is 1690. The van der Waals surface area contributed by atoms with Gasteiger partial charge < -0.3 is 18.6 Å². The van der Waals surface area contributed by atoms with Crippen LogP contribution in [0.5, 0.6) is 11.5 Å². The van der Waals surface area contributed by atoms with Crippen LogP contribution in [0.15, 0.2) is 45.6 Å². The number of ether oxygens (including phenoxy) is 3. The van der Waals surface area contributed by atoms with Crippen molar-refractivity contribution in [2.75, 3.05) is 25.7 Å². The molecule has 0 bridgehead atoms. The normalized spacial score (nSPS) is 14.6. The quantitative estimate of drug-likeness (QED) is 0.247. The Labute approximate surface area is 235 Å². The second-order valence-electron chi connectivity index (χ2n) is 10.1. The Morgan fingerprint density at radius 1 is 1.10 bits per heavy atom. The van der Waals surface area contributed by atoms with E-state index in [1.165, 1.54) is 19.1 Å². The second-order valence-corrected chi connectivity index (χ2v) is 11.1. The van der Waals surface area contributed by atoms with Crippen molar-refractivity contribution in [2.24, 2.45) is 5.92 Å². The third-order valence-electron chi connectivity index (χ3n) is 6.84. The number of methoxy groups -OCH3 is 2. The summed E-state index contributed by atoms with van der Waals surface area (Å²) in [6.45, 7) is 8.32. The molecule has 1 aliphatic rings. The van der Waals surface area contributed by atoms with Gasteiger partial charge >= 0.3 is 5.97 Å². The fourth-order valence-electron chi connectivity index (χ4n) is 4.74. The van der Waals surface area contributed by atoms with E-state index in [1.807, 2.05) is 13.0 Å². The monoisotopic (exact) mass is 562 g/mol. The molecule has 2 aromatic carbocycles. The number of amides is 1. The number of carbonyl (C=O) groups excluding carboxylic acids is 2. The zero-order chi connectivity index (χ0) is 28.7. The minimum Gasteiger partial charge on any atom is -0.493 e. The van der Waals surface area contributed by atoms with Gasteiger partial charge in [-0.2, -0.15) is 0 Å². The molecule has 0 saturated carbocycles. The van der Waals surface area contributed by atoms with Crippen molar-refractivity contribution in [3.05, 3.63) is 79.6 Å². The van der Waals surface area contributed by atoms with Gasteiger partial charge in [0.15, 0.2) is 22.1 Å². The summed E-state index contributed by atoms with van der Waals surface area (Å²) in [5, 5.41) is 0.625. The van der Waals surface area contributed by atoms with Crippen LogP contribution >= 0.6 is 11.3 Å². The molecule has 3 heterocycles. The Balaban J connectivity index is 1.70. The fourth-order valence-corrected chi connectivity index (χ4v) is 5.76. The molecule has 1 aliphatic heterocycles. The van der Waals surface area contributed by atoms with Crippen molar-refractivity contribution in [3.63, 3.8) is 0 Å². The van der Waals surface area contributed by atoms with E-state index in [2.05, 4.69) is 18.8 Å². The number of nitrogens with zero attached hydrogens (tertiary/aromatic N) is 2. The molecule has 1 atom stereocenters. The Hall–Kier alpha value is -4.18. The summed E-state index contributed by atoms with van der Waals surface area (Å²) >= 11 is 1.02. The highest BCUT2D eigenvalue weighted by Gasteiger charge is 2.45. The van der Waals surface area contributed by atoms with E-state index in [0.29, 0.717) is 46.3 Å². The van der Waals surface area contributed by atoms with Crippen molar-refractivity contribution >= 4 is 39.3 Å². The lowest BCUT2D eigenvalue weighted by molar-refractivity contribution is 0.0605. The Kier molecular flexibility index (Phi) is 7.37. The van der Waals surface area contributed by atoms with Crippen molar-refractivity contribution in [2.45, 2.75) is 40.2 Å². The van der Waals surface area contributed by atoms with E-state index in [1.54, 1.807) is 37.3 Å². The lowest BCUT2D eigenvalue weighted by atomic mass is 9.98. The number of rotatable bonds is 8. The van der Waals surface area contributed by atoms with Crippen LogP contribution in [0.25, 0.3) is 11.0 Å². The summed E-state index contributed by atoms with van der Waals surface area (Å²) in [6, 6.07) is 9.71. The van der Waals surface area contributed by atoms with Crippen LogP contribution in [0.1, 0.15) is 68.9 Å². The van der Waals surface area contributed by atoms with Crippen LogP contribution < -0.4 is 19.8 Å². The van der Waals surface area contributed by atoms with E-state index in [0.717, 1.165) is 23.3 Å². The van der Waals surface area contributed by atoms with Crippen LogP contribution in [0.2, 0.25) is 0 Å². The maximum Gasteiger partial charge on any atom is 0.350 e. The Morgan fingerprint density at radius 2 is 1.88 bits per heavy atom. The molecule has 5 rings (SSSR count). The van der Waals surface area contributed by atoms with Crippen LogP contribution in [-0.2, 0) is 4.74 Å². The van der Waals surface area contributed by atoms with E-state index in [-0.39, 0.29) is 26.8 Å². The third-order valence-corrected chi connectivity index (χ3v) is 7.98. The molecule has 4 aromatic rings. The lowest BCUT2D eigenvalue weighted by Crippen LogP contribution is -2.29. The zero-order valence-corrected chi connectivity index (χ0v) is 24.0. The molecule has 0 radical (unpaired) electrons. The minimum atomic E-state index is -0.877. The molecule has 2 aromatic heterocycles. The maximum absolute atomic E-state index is 13.9. The number of aryl methyl sites for hydroxylation is 2. The van der Waals surface area contributed by atoms with Gasteiger partial charge in [0.2, 0.25) is 5.76 Å². The molecule has 40 heavy (non-hydrogen) atoms. The minimum absolute atomic E-state index is 0.0601. The maximum atomic E-state index is 13.9. The smallest absolute Gasteiger partial charge is 0.350 e. The van der Waals surface area contributed by atoms with Gasteiger partial charge in [-0.05, 0) is 56.0 Å². The molecular formula is C30H30N2O7S. The molecule has 1 amide bonds. The predicted molar refractivity (Wildman–Crippen MR) is 152 cm³/mol. The van der Waals surface area contributed by atoms with Gasteiger partial charge in [-0.15, -0.1) is 0 Å². The summed E-state index contributed by atoms with van der Waals surface area (Å²) < 4.78 is 22.6. The van der Waals surface area contributed by atoms with Gasteiger partial charge in [0.1, 0.15) is 10.5 Å². The molecule has 0 N–H and O–H groups in total. The number of carbonyl (C=O) groups is 2. The summed E-state index contributed by atoms with van der Waals surface area (Å²) in [5.74, 6) is 0.364. The second kappa shape index (κ2) is 10.8. The fraction of sp³-hybridized carbons (Fsp3) is 0.333. The van der Waals surface area contributed by atoms with Crippen molar-refractivity contribution in [1.29, 1.82) is 0 Å². The highest BCUT2D eigenvalue weighted by Crippen LogP contribution is 2.45. The Morgan fingerprint density at radius 3 is 2.58 bits per heavy atom.